The van der Waals surface area contributed by atoms with Crippen LogP contribution in [0.3, 0.4) is 0 Å². The van der Waals surface area contributed by atoms with E-state index in [0.717, 1.165) is 5.56 Å². The Morgan fingerprint density at radius 3 is 2.09 bits per heavy atom. The summed E-state index contributed by atoms with van der Waals surface area (Å²) in [6, 6.07) is 7.61. The van der Waals surface area contributed by atoms with Crippen molar-refractivity contribution < 1.29 is 9.59 Å². The fourth-order valence-corrected chi connectivity index (χ4v) is 2.75. The molecule has 1 aliphatic rings. The summed E-state index contributed by atoms with van der Waals surface area (Å²) in [6.45, 7) is 10.1. The third kappa shape index (κ3) is 2.83. The smallest absolute Gasteiger partial charge is 0.237 e. The van der Waals surface area contributed by atoms with Crippen LogP contribution in [0.15, 0.2) is 24.3 Å². The van der Waals surface area contributed by atoms with Crippen LogP contribution in [-0.2, 0) is 15.0 Å². The van der Waals surface area contributed by atoms with Gasteiger partial charge in [0.15, 0.2) is 0 Å². The second-order valence-corrected chi connectivity index (χ2v) is 7.18. The molecular formula is C18H24BNO2. The molecular weight excluding hydrogens is 273 g/mol. The maximum Gasteiger partial charge on any atom is 0.237 e. The Bertz CT molecular complexity index is 575. The highest BCUT2D eigenvalue weighted by molar-refractivity contribution is 6.21. The fraction of sp³-hybridized carbons (Fsp3) is 0.556. The van der Waals surface area contributed by atoms with E-state index in [1.54, 1.807) is 0 Å². The van der Waals surface area contributed by atoms with Gasteiger partial charge in [0.2, 0.25) is 11.8 Å². The van der Waals surface area contributed by atoms with Gasteiger partial charge in [0, 0.05) is 6.42 Å². The van der Waals surface area contributed by atoms with E-state index < -0.39 is 0 Å². The van der Waals surface area contributed by atoms with Crippen molar-refractivity contribution in [2.24, 2.45) is 11.8 Å². The summed E-state index contributed by atoms with van der Waals surface area (Å²) in [5.41, 5.74) is 1.60. The fourth-order valence-electron chi connectivity index (χ4n) is 2.75. The van der Waals surface area contributed by atoms with Crippen molar-refractivity contribution in [2.45, 2.75) is 52.3 Å². The van der Waals surface area contributed by atoms with Crippen LogP contribution in [0.4, 0.5) is 5.69 Å². The Kier molecular flexibility index (Phi) is 4.50. The van der Waals surface area contributed by atoms with Gasteiger partial charge >= 0.3 is 0 Å². The lowest BCUT2D eigenvalue weighted by Crippen LogP contribution is -2.31. The third-order valence-electron chi connectivity index (χ3n) is 4.99. The summed E-state index contributed by atoms with van der Waals surface area (Å²) in [7, 11) is 6.04. The van der Waals surface area contributed by atoms with E-state index in [1.165, 1.54) is 4.90 Å². The molecule has 2 radical (unpaired) electrons. The molecule has 0 saturated carbocycles. The summed E-state index contributed by atoms with van der Waals surface area (Å²) in [4.78, 5) is 25.9. The first-order valence-electron chi connectivity index (χ1n) is 7.89. The van der Waals surface area contributed by atoms with Crippen LogP contribution in [0.25, 0.3) is 0 Å². The normalized spacial score (nSPS) is 20.8. The molecule has 116 valence electrons. The number of anilines is 1. The number of carbonyl (C=O) groups excluding carboxylic acids is 2. The Morgan fingerprint density at radius 1 is 1.14 bits per heavy atom. The van der Waals surface area contributed by atoms with Crippen LogP contribution >= 0.6 is 0 Å². The Labute approximate surface area is 134 Å². The van der Waals surface area contributed by atoms with Crippen molar-refractivity contribution in [1.82, 2.24) is 0 Å². The second kappa shape index (κ2) is 5.90. The zero-order chi connectivity index (χ0) is 16.7. The molecule has 1 heterocycles. The van der Waals surface area contributed by atoms with E-state index >= 15 is 0 Å². The molecule has 22 heavy (non-hydrogen) atoms. The van der Waals surface area contributed by atoms with Gasteiger partial charge in [0.05, 0.1) is 19.5 Å². The van der Waals surface area contributed by atoms with E-state index in [9.17, 15) is 9.59 Å². The monoisotopic (exact) mass is 297 g/mol. The van der Waals surface area contributed by atoms with Gasteiger partial charge in [-0.15, -0.1) is 0 Å². The second-order valence-electron chi connectivity index (χ2n) is 7.18. The molecule has 0 spiro atoms. The number of imide groups is 1. The van der Waals surface area contributed by atoms with Crippen LogP contribution in [-0.4, -0.2) is 19.7 Å². The third-order valence-corrected chi connectivity index (χ3v) is 4.99. The molecule has 1 aromatic carbocycles. The lowest BCUT2D eigenvalue weighted by Gasteiger charge is -2.30. The van der Waals surface area contributed by atoms with E-state index in [4.69, 9.17) is 7.85 Å². The first kappa shape index (κ1) is 16.8. The van der Waals surface area contributed by atoms with Crippen molar-refractivity contribution in [3.63, 3.8) is 0 Å². The summed E-state index contributed by atoms with van der Waals surface area (Å²) in [6.07, 6.45) is 0.309. The predicted octanol–water partition coefficient (Wildman–Crippen LogP) is 3.48. The quantitative estimate of drug-likeness (QED) is 0.630. The van der Waals surface area contributed by atoms with Crippen LogP contribution in [0, 0.1) is 11.8 Å². The summed E-state index contributed by atoms with van der Waals surface area (Å²) in [5, 5.41) is 0. The number of nitrogens with zero attached hydrogens (tertiary/aromatic N) is 1. The van der Waals surface area contributed by atoms with Crippen LogP contribution in [0.1, 0.15) is 46.6 Å². The molecule has 1 aliphatic heterocycles. The minimum atomic E-state index is -0.201. The number of rotatable bonds is 4. The van der Waals surface area contributed by atoms with Crippen molar-refractivity contribution >= 4 is 25.3 Å². The van der Waals surface area contributed by atoms with Crippen molar-refractivity contribution in [2.75, 3.05) is 4.90 Å². The molecule has 2 unspecified atom stereocenters. The molecule has 3 nitrogen and oxygen atoms in total. The molecule has 4 heteroatoms. The highest BCUT2D eigenvalue weighted by Gasteiger charge is 2.40. The number of hydrogen-bond acceptors (Lipinski definition) is 2. The van der Waals surface area contributed by atoms with Crippen LogP contribution < -0.4 is 4.90 Å². The van der Waals surface area contributed by atoms with Crippen LogP contribution in [0.5, 0.6) is 0 Å². The molecule has 2 amide bonds. The molecule has 0 N–H and O–H groups in total. The number of amides is 2. The molecule has 1 aromatic rings. The SMILES string of the molecule is [B]C(C)C(C)(C)c1ccc(N2C(=O)CC(C(C)C)C2=O)cc1. The maximum absolute atomic E-state index is 12.4. The van der Waals surface area contributed by atoms with Gasteiger partial charge in [-0.3, -0.25) is 14.5 Å². The predicted molar refractivity (Wildman–Crippen MR) is 90.1 cm³/mol. The molecule has 2 rings (SSSR count). The largest absolute Gasteiger partial charge is 0.274 e. The van der Waals surface area contributed by atoms with Gasteiger partial charge in [-0.1, -0.05) is 52.6 Å². The zero-order valence-corrected chi connectivity index (χ0v) is 14.1. The summed E-state index contributed by atoms with van der Waals surface area (Å²) >= 11 is 0. The van der Waals surface area contributed by atoms with E-state index in [1.807, 2.05) is 45.0 Å². The highest BCUT2D eigenvalue weighted by atomic mass is 16.2. The number of carbonyl (C=O) groups is 2. The van der Waals surface area contributed by atoms with Crippen molar-refractivity contribution in [3.05, 3.63) is 29.8 Å². The molecule has 1 fully saturated rings. The molecule has 0 aliphatic carbocycles. The molecule has 0 bridgehead atoms. The average Bonchev–Trinajstić information content (AvgIpc) is 2.74. The van der Waals surface area contributed by atoms with Gasteiger partial charge < -0.3 is 0 Å². The lowest BCUT2D eigenvalue weighted by atomic mass is 9.65. The van der Waals surface area contributed by atoms with Crippen LogP contribution in [0.2, 0.25) is 5.82 Å². The van der Waals surface area contributed by atoms with E-state index in [0.29, 0.717) is 12.1 Å². The van der Waals surface area contributed by atoms with E-state index in [2.05, 4.69) is 13.8 Å². The minimum absolute atomic E-state index is 0.0127. The summed E-state index contributed by atoms with van der Waals surface area (Å²) < 4.78 is 0. The van der Waals surface area contributed by atoms with Gasteiger partial charge in [-0.2, -0.15) is 0 Å². The standard InChI is InChI=1S/C18H24BNO2/c1-11(2)15-10-16(21)20(17(15)22)14-8-6-13(7-9-14)18(4,5)12(3)19/h6-9,11-12,15H,10H2,1-5H3. The molecule has 0 aromatic heterocycles. The minimum Gasteiger partial charge on any atom is -0.274 e. The Morgan fingerprint density at radius 2 is 1.68 bits per heavy atom. The first-order valence-corrected chi connectivity index (χ1v) is 7.89. The van der Waals surface area contributed by atoms with Gasteiger partial charge in [-0.25, -0.2) is 0 Å². The van der Waals surface area contributed by atoms with Gasteiger partial charge in [-0.05, 0) is 29.0 Å². The topological polar surface area (TPSA) is 37.4 Å². The maximum atomic E-state index is 12.4. The lowest BCUT2D eigenvalue weighted by molar-refractivity contribution is -0.122. The number of benzene rings is 1. The van der Waals surface area contributed by atoms with E-state index in [-0.39, 0.29) is 34.9 Å². The highest BCUT2D eigenvalue weighted by Crippen LogP contribution is 2.36. The molecule has 1 saturated heterocycles. The van der Waals surface area contributed by atoms with Crippen molar-refractivity contribution in [1.29, 1.82) is 0 Å². The van der Waals surface area contributed by atoms with Gasteiger partial charge in [0.25, 0.3) is 0 Å². The molecule has 2 atom stereocenters. The van der Waals surface area contributed by atoms with Gasteiger partial charge in [0.1, 0.15) is 0 Å². The average molecular weight is 297 g/mol. The number of hydrogen-bond donors (Lipinski definition) is 0. The van der Waals surface area contributed by atoms with Crippen molar-refractivity contribution in [3.8, 4) is 0 Å². The first-order chi connectivity index (χ1) is 10.2. The Balaban J connectivity index is 2.28. The Hall–Kier alpha value is -1.58. The summed E-state index contributed by atoms with van der Waals surface area (Å²) in [5.74, 6) is -0.203. The zero-order valence-electron chi connectivity index (χ0n) is 14.1.